The molecule has 0 spiro atoms. The Hall–Kier alpha value is -2.32. The van der Waals surface area contributed by atoms with E-state index in [1.807, 2.05) is 43.3 Å². The van der Waals surface area contributed by atoms with Crippen molar-refractivity contribution < 1.29 is 9.53 Å². The fourth-order valence-corrected chi connectivity index (χ4v) is 2.32. The van der Waals surface area contributed by atoms with Crippen LogP contribution < -0.4 is 0 Å². The Morgan fingerprint density at radius 3 is 2.57 bits per heavy atom. The summed E-state index contributed by atoms with van der Waals surface area (Å²) in [7, 11) is 0. The van der Waals surface area contributed by atoms with Crippen LogP contribution in [0.15, 0.2) is 60.2 Å². The molecule has 0 atom stereocenters. The van der Waals surface area contributed by atoms with Gasteiger partial charge < -0.3 is 4.74 Å². The van der Waals surface area contributed by atoms with Gasteiger partial charge in [-0.15, -0.1) is 0 Å². The maximum atomic E-state index is 11.9. The van der Waals surface area contributed by atoms with E-state index in [0.29, 0.717) is 16.4 Å². The third-order valence-electron chi connectivity index (χ3n) is 3.23. The quantitative estimate of drug-likeness (QED) is 0.596. The second kappa shape index (κ2) is 5.58. The zero-order valence-electron chi connectivity index (χ0n) is 11.5. The number of ether oxygens (including phenoxy) is 1. The summed E-state index contributed by atoms with van der Waals surface area (Å²) in [5.41, 5.74) is 3.45. The van der Waals surface area contributed by atoms with Crippen LogP contribution in [0.3, 0.4) is 0 Å². The number of carbonyl (C=O) groups excluding carboxylic acids is 1. The molecule has 1 aliphatic rings. The van der Waals surface area contributed by atoms with Gasteiger partial charge in [0.15, 0.2) is 0 Å². The fourth-order valence-electron chi connectivity index (χ4n) is 2.13. The number of rotatable bonds is 2. The van der Waals surface area contributed by atoms with E-state index in [1.165, 1.54) is 5.56 Å². The monoisotopic (exact) mass is 296 g/mol. The lowest BCUT2D eigenvalue weighted by atomic mass is 10.1. The molecule has 1 heterocycles. The molecule has 21 heavy (non-hydrogen) atoms. The van der Waals surface area contributed by atoms with Crippen molar-refractivity contribution in [3.63, 3.8) is 0 Å². The Morgan fingerprint density at radius 1 is 1.10 bits per heavy atom. The summed E-state index contributed by atoms with van der Waals surface area (Å²) < 4.78 is 5.32. The second-order valence-electron chi connectivity index (χ2n) is 4.92. The Bertz CT molecular complexity index is 755. The minimum Gasteiger partial charge on any atom is -0.422 e. The number of aryl methyl sites for hydroxylation is 1. The minimum atomic E-state index is -0.342. The van der Waals surface area contributed by atoms with E-state index >= 15 is 0 Å². The molecule has 2 aromatic rings. The Balaban J connectivity index is 1.93. The van der Waals surface area contributed by atoms with Gasteiger partial charge in [-0.2, -0.15) is 0 Å². The van der Waals surface area contributed by atoms with Gasteiger partial charge in [0.2, 0.25) is 0 Å². The molecule has 3 heteroatoms. The van der Waals surface area contributed by atoms with E-state index in [-0.39, 0.29) is 5.97 Å². The van der Waals surface area contributed by atoms with Crippen molar-refractivity contribution in [2.45, 2.75) is 6.92 Å². The minimum absolute atomic E-state index is 0.342. The average molecular weight is 297 g/mol. The molecule has 0 N–H and O–H groups in total. The molecule has 0 amide bonds. The van der Waals surface area contributed by atoms with E-state index in [9.17, 15) is 4.79 Å². The fraction of sp³-hybridized carbons (Fsp3) is 0.0556. The van der Waals surface area contributed by atoms with Crippen molar-refractivity contribution in [1.82, 2.24) is 0 Å². The Labute approximate surface area is 128 Å². The van der Waals surface area contributed by atoms with Gasteiger partial charge in [-0.25, -0.2) is 4.79 Å². The van der Waals surface area contributed by atoms with Crippen molar-refractivity contribution in [2.24, 2.45) is 0 Å². The van der Waals surface area contributed by atoms with E-state index in [0.717, 1.165) is 11.1 Å². The van der Waals surface area contributed by atoms with Gasteiger partial charge in [-0.1, -0.05) is 53.6 Å². The van der Waals surface area contributed by atoms with Gasteiger partial charge in [0, 0.05) is 10.6 Å². The van der Waals surface area contributed by atoms with Crippen molar-refractivity contribution in [3.05, 3.63) is 81.9 Å². The zero-order chi connectivity index (χ0) is 14.8. The molecule has 104 valence electrons. The van der Waals surface area contributed by atoms with Crippen LogP contribution in [-0.4, -0.2) is 5.97 Å². The maximum Gasteiger partial charge on any atom is 0.343 e. The first-order valence-electron chi connectivity index (χ1n) is 6.60. The number of halogens is 1. The normalized spacial score (nSPS) is 16.0. The van der Waals surface area contributed by atoms with E-state index in [4.69, 9.17) is 16.3 Å². The third kappa shape index (κ3) is 3.06. The van der Waals surface area contributed by atoms with E-state index < -0.39 is 0 Å². The number of cyclic esters (lactones) is 1. The van der Waals surface area contributed by atoms with Gasteiger partial charge >= 0.3 is 5.97 Å². The lowest BCUT2D eigenvalue weighted by Gasteiger charge is -2.01. The van der Waals surface area contributed by atoms with Crippen LogP contribution in [0.25, 0.3) is 11.8 Å². The predicted octanol–water partition coefficient (Wildman–Crippen LogP) is 4.63. The molecule has 0 bridgehead atoms. The average Bonchev–Trinajstić information content (AvgIpc) is 2.81. The molecule has 2 nitrogen and oxygen atoms in total. The van der Waals surface area contributed by atoms with Crippen molar-refractivity contribution >= 4 is 29.4 Å². The highest BCUT2D eigenvalue weighted by Gasteiger charge is 2.21. The van der Waals surface area contributed by atoms with Crippen LogP contribution in [0.5, 0.6) is 0 Å². The largest absolute Gasteiger partial charge is 0.422 e. The van der Waals surface area contributed by atoms with E-state index in [2.05, 4.69) is 0 Å². The van der Waals surface area contributed by atoms with Gasteiger partial charge in [0.05, 0.1) is 5.57 Å². The van der Waals surface area contributed by atoms with Crippen LogP contribution in [-0.2, 0) is 9.53 Å². The predicted molar refractivity (Wildman–Crippen MR) is 84.7 cm³/mol. The molecular formula is C18H13ClO2. The first kappa shape index (κ1) is 13.7. The summed E-state index contributed by atoms with van der Waals surface area (Å²) in [4.78, 5) is 11.9. The summed E-state index contributed by atoms with van der Waals surface area (Å²) >= 11 is 5.95. The summed E-state index contributed by atoms with van der Waals surface area (Å²) in [5.74, 6) is 0.235. The van der Waals surface area contributed by atoms with Gasteiger partial charge in [-0.3, -0.25) is 0 Å². The van der Waals surface area contributed by atoms with Crippen molar-refractivity contribution in [2.75, 3.05) is 0 Å². The van der Waals surface area contributed by atoms with Crippen molar-refractivity contribution in [3.8, 4) is 0 Å². The highest BCUT2D eigenvalue weighted by atomic mass is 35.5. The van der Waals surface area contributed by atoms with Gasteiger partial charge in [-0.05, 0) is 36.8 Å². The van der Waals surface area contributed by atoms with Crippen LogP contribution in [0.4, 0.5) is 0 Å². The molecule has 3 rings (SSSR count). The van der Waals surface area contributed by atoms with Crippen LogP contribution in [0, 0.1) is 6.92 Å². The molecule has 0 unspecified atom stereocenters. The van der Waals surface area contributed by atoms with Gasteiger partial charge in [0.1, 0.15) is 5.76 Å². The number of carbonyl (C=O) groups is 1. The van der Waals surface area contributed by atoms with Gasteiger partial charge in [0.25, 0.3) is 0 Å². The molecule has 2 aromatic carbocycles. The number of hydrogen-bond acceptors (Lipinski definition) is 2. The first-order valence-corrected chi connectivity index (χ1v) is 6.98. The molecule has 0 saturated carbocycles. The summed E-state index contributed by atoms with van der Waals surface area (Å²) in [6, 6.07) is 15.2. The number of esters is 1. The number of benzene rings is 2. The lowest BCUT2D eigenvalue weighted by Crippen LogP contribution is -1.97. The van der Waals surface area contributed by atoms with Crippen LogP contribution in [0.2, 0.25) is 5.02 Å². The molecule has 0 aliphatic carbocycles. The van der Waals surface area contributed by atoms with Crippen molar-refractivity contribution in [1.29, 1.82) is 0 Å². The summed E-state index contributed by atoms with van der Waals surface area (Å²) in [6.07, 6.45) is 3.53. The molecule has 0 saturated heterocycles. The molecule has 0 radical (unpaired) electrons. The third-order valence-corrected chi connectivity index (χ3v) is 3.47. The van der Waals surface area contributed by atoms with E-state index in [1.54, 1.807) is 24.3 Å². The summed E-state index contributed by atoms with van der Waals surface area (Å²) in [6.45, 7) is 2.02. The molecule has 0 fully saturated rings. The smallest absolute Gasteiger partial charge is 0.343 e. The highest BCUT2D eigenvalue weighted by Crippen LogP contribution is 2.27. The highest BCUT2D eigenvalue weighted by molar-refractivity contribution is 6.30. The maximum absolute atomic E-state index is 11.9. The molecular weight excluding hydrogens is 284 g/mol. The molecule has 0 aromatic heterocycles. The lowest BCUT2D eigenvalue weighted by molar-refractivity contribution is -0.130. The number of hydrogen-bond donors (Lipinski definition) is 0. The standard InChI is InChI=1S/C18H13ClO2/c1-12-5-7-14(8-6-12)17-11-15(18(20)21-17)9-13-3-2-4-16(19)10-13/h2-11H,1H3/b15-9+. The summed E-state index contributed by atoms with van der Waals surface area (Å²) in [5, 5.41) is 0.637. The van der Waals surface area contributed by atoms with Crippen LogP contribution >= 0.6 is 11.6 Å². The SMILES string of the molecule is Cc1ccc(C2=C/C(=C\c3cccc(Cl)c3)C(=O)O2)cc1. The zero-order valence-corrected chi connectivity index (χ0v) is 12.2. The van der Waals surface area contributed by atoms with Crippen LogP contribution in [0.1, 0.15) is 16.7 Å². The molecule has 1 aliphatic heterocycles. The Morgan fingerprint density at radius 2 is 1.86 bits per heavy atom. The second-order valence-corrected chi connectivity index (χ2v) is 5.36. The topological polar surface area (TPSA) is 26.3 Å². The first-order chi connectivity index (χ1) is 10.1. The Kier molecular flexibility index (Phi) is 3.63.